The van der Waals surface area contributed by atoms with Gasteiger partial charge in [0.15, 0.2) is 11.2 Å². The molecule has 5 aliphatic heterocycles. The van der Waals surface area contributed by atoms with Crippen molar-refractivity contribution < 1.29 is 28.4 Å². The average molecular weight is 884 g/mol. The van der Waals surface area contributed by atoms with Crippen LogP contribution in [0.5, 0.6) is 0 Å². The second kappa shape index (κ2) is 17.7. The number of halogens is 1. The third-order valence-corrected chi connectivity index (χ3v) is 14.4. The van der Waals surface area contributed by atoms with E-state index < -0.39 is 29.7 Å². The molecule has 3 saturated heterocycles. The maximum Gasteiger partial charge on any atom is 0.255 e. The minimum Gasteiger partial charge on any atom is -0.374 e. The maximum absolute atomic E-state index is 16.0. The standard InChI is InChI=1S/C48H50FN9O5S/c49-38-25-34(24-36-37(38)26-58(47(36)63)44(46(62)54-48-50-17-23-64-48)43-40-2-1-18-57(40)28-51-43)31-5-3-29(4-6-31)32-13-19-55(20-14-32)27-42(60)56-21-15-33(16-22-56)30-7-9-35(10-8-30)52-39-11-12-41(59)53-45(39)61/h3-10,17,23-25,28,32-33,39,44,52H,1-2,11-16,18-22,26-27H2,(H,50,54,62)(H,53,59,61). The molecule has 0 bridgehead atoms. The number of aromatic nitrogens is 3. The predicted octanol–water partition coefficient (Wildman–Crippen LogP) is 6.23. The lowest BCUT2D eigenvalue weighted by Gasteiger charge is -2.36. The fraction of sp³-hybridized carbons (Fsp3) is 0.396. The number of amides is 5. The topological polar surface area (TPSA) is 162 Å². The number of hydrogen-bond acceptors (Lipinski definition) is 10. The molecule has 0 saturated carbocycles. The highest BCUT2D eigenvalue weighted by Gasteiger charge is 2.42. The lowest BCUT2D eigenvalue weighted by Crippen LogP contribution is -2.47. The van der Waals surface area contributed by atoms with Crippen LogP contribution in [0.15, 0.2) is 78.6 Å². The number of aryl methyl sites for hydroxylation is 1. The summed E-state index contributed by atoms with van der Waals surface area (Å²) < 4.78 is 18.0. The van der Waals surface area contributed by atoms with Gasteiger partial charge in [0, 0.05) is 60.1 Å². The number of nitrogens with zero attached hydrogens (tertiary/aromatic N) is 6. The number of carbonyl (C=O) groups excluding carboxylic acids is 5. The molecule has 0 spiro atoms. The van der Waals surface area contributed by atoms with Crippen LogP contribution in [0.4, 0.5) is 15.2 Å². The Kier molecular flexibility index (Phi) is 11.6. The molecule has 5 aliphatic rings. The van der Waals surface area contributed by atoms with E-state index in [0.717, 1.165) is 88.2 Å². The number of imidazole rings is 1. The number of carbonyl (C=O) groups is 5. The molecule has 2 atom stereocenters. The first-order chi connectivity index (χ1) is 31.1. The van der Waals surface area contributed by atoms with E-state index in [2.05, 4.69) is 55.1 Å². The van der Waals surface area contributed by atoms with Crippen LogP contribution in [0.2, 0.25) is 0 Å². The lowest BCUT2D eigenvalue weighted by atomic mass is 9.88. The zero-order chi connectivity index (χ0) is 43.9. The third-order valence-electron chi connectivity index (χ3n) is 13.8. The molecule has 16 heteroatoms. The van der Waals surface area contributed by atoms with Crippen molar-refractivity contribution in [1.29, 1.82) is 0 Å². The summed E-state index contributed by atoms with van der Waals surface area (Å²) in [7, 11) is 0. The molecular weight excluding hydrogens is 834 g/mol. The van der Waals surface area contributed by atoms with Gasteiger partial charge in [0.05, 0.1) is 25.1 Å². The van der Waals surface area contributed by atoms with E-state index in [1.807, 2.05) is 33.7 Å². The first-order valence-corrected chi connectivity index (χ1v) is 23.2. The zero-order valence-electron chi connectivity index (χ0n) is 35.4. The van der Waals surface area contributed by atoms with Crippen molar-refractivity contribution in [3.8, 4) is 11.1 Å². The van der Waals surface area contributed by atoms with Crippen LogP contribution in [0.1, 0.15) is 101 Å². The smallest absolute Gasteiger partial charge is 0.255 e. The van der Waals surface area contributed by atoms with E-state index in [4.69, 9.17) is 0 Å². The van der Waals surface area contributed by atoms with Crippen molar-refractivity contribution >= 4 is 51.7 Å². The van der Waals surface area contributed by atoms with Gasteiger partial charge in [0.25, 0.3) is 11.8 Å². The Morgan fingerprint density at radius 1 is 0.844 bits per heavy atom. The van der Waals surface area contributed by atoms with Crippen LogP contribution in [0.25, 0.3) is 11.1 Å². The predicted molar refractivity (Wildman–Crippen MR) is 239 cm³/mol. The normalized spacial score (nSPS) is 20.0. The van der Waals surface area contributed by atoms with E-state index in [1.165, 1.54) is 33.4 Å². The van der Waals surface area contributed by atoms with Gasteiger partial charge in [-0.15, -0.1) is 11.3 Å². The van der Waals surface area contributed by atoms with Gasteiger partial charge in [0.1, 0.15) is 11.9 Å². The molecule has 3 N–H and O–H groups in total. The van der Waals surface area contributed by atoms with E-state index in [0.29, 0.717) is 47.6 Å². The van der Waals surface area contributed by atoms with E-state index in [1.54, 1.807) is 24.0 Å². The van der Waals surface area contributed by atoms with E-state index >= 15 is 4.39 Å². The molecule has 5 aromatic rings. The van der Waals surface area contributed by atoms with Crippen molar-refractivity contribution in [2.24, 2.45) is 0 Å². The highest BCUT2D eigenvalue weighted by atomic mass is 32.1. The largest absolute Gasteiger partial charge is 0.374 e. The van der Waals surface area contributed by atoms with Crippen molar-refractivity contribution in [3.05, 3.63) is 118 Å². The van der Waals surface area contributed by atoms with E-state index in [-0.39, 0.29) is 35.4 Å². The minimum atomic E-state index is -1.04. The molecule has 0 aliphatic carbocycles. The molecule has 64 heavy (non-hydrogen) atoms. The quantitative estimate of drug-likeness (QED) is 0.131. The van der Waals surface area contributed by atoms with Crippen LogP contribution in [-0.4, -0.2) is 97.5 Å². The monoisotopic (exact) mass is 883 g/mol. The number of benzene rings is 3. The fourth-order valence-corrected chi connectivity index (χ4v) is 10.7. The van der Waals surface area contributed by atoms with Gasteiger partial charge in [0.2, 0.25) is 17.7 Å². The third kappa shape index (κ3) is 8.43. The number of thiazole rings is 1. The number of piperidine rings is 3. The number of fused-ring (bicyclic) bond motifs is 2. The van der Waals surface area contributed by atoms with Crippen molar-refractivity contribution in [1.82, 2.24) is 34.6 Å². The summed E-state index contributed by atoms with van der Waals surface area (Å²) in [4.78, 5) is 79.5. The second-order valence-electron chi connectivity index (χ2n) is 17.6. The number of likely N-dealkylation sites (tertiary alicyclic amines) is 2. The molecule has 2 aromatic heterocycles. The van der Waals surface area contributed by atoms with Crippen molar-refractivity contribution in [2.45, 2.75) is 88.4 Å². The minimum absolute atomic E-state index is 0.0460. The van der Waals surface area contributed by atoms with Gasteiger partial charge in [-0.05, 0) is 116 Å². The Hall–Kier alpha value is -6.26. The van der Waals surface area contributed by atoms with Gasteiger partial charge in [-0.25, -0.2) is 14.4 Å². The summed E-state index contributed by atoms with van der Waals surface area (Å²) in [6.07, 6.45) is 9.45. The highest BCUT2D eigenvalue weighted by molar-refractivity contribution is 7.13. The number of hydrogen-bond donors (Lipinski definition) is 3. The Balaban J connectivity index is 0.721. The molecule has 2 unspecified atom stereocenters. The van der Waals surface area contributed by atoms with Gasteiger partial charge >= 0.3 is 0 Å². The summed E-state index contributed by atoms with van der Waals surface area (Å²) >= 11 is 1.28. The Bertz CT molecular complexity index is 2580. The van der Waals surface area contributed by atoms with Crippen LogP contribution in [-0.2, 0) is 38.7 Å². The fourth-order valence-electron chi connectivity index (χ4n) is 10.2. The van der Waals surface area contributed by atoms with Crippen LogP contribution in [0, 0.1) is 5.82 Å². The first-order valence-electron chi connectivity index (χ1n) is 22.3. The van der Waals surface area contributed by atoms with Gasteiger partial charge in [-0.1, -0.05) is 36.4 Å². The molecular formula is C48H50FN9O5S. The molecule has 14 nitrogen and oxygen atoms in total. The molecule has 3 fully saturated rings. The Morgan fingerprint density at radius 2 is 1.56 bits per heavy atom. The highest BCUT2D eigenvalue weighted by Crippen LogP contribution is 2.39. The maximum atomic E-state index is 16.0. The average Bonchev–Trinajstić information content (AvgIpc) is 4.14. The summed E-state index contributed by atoms with van der Waals surface area (Å²) in [6.45, 7) is 4.27. The number of rotatable bonds is 11. The second-order valence-corrected chi connectivity index (χ2v) is 18.5. The molecule has 330 valence electrons. The summed E-state index contributed by atoms with van der Waals surface area (Å²) in [5.41, 5.74) is 6.62. The van der Waals surface area contributed by atoms with Crippen LogP contribution < -0.4 is 16.0 Å². The molecule has 3 aromatic carbocycles. The number of nitrogens with one attached hydrogen (secondary N) is 3. The van der Waals surface area contributed by atoms with Crippen LogP contribution >= 0.6 is 11.3 Å². The first kappa shape index (κ1) is 41.7. The Morgan fingerprint density at radius 3 is 2.27 bits per heavy atom. The molecule has 10 rings (SSSR count). The van der Waals surface area contributed by atoms with Crippen molar-refractivity contribution in [3.63, 3.8) is 0 Å². The molecule has 0 radical (unpaired) electrons. The van der Waals surface area contributed by atoms with Crippen LogP contribution in [0.3, 0.4) is 0 Å². The lowest BCUT2D eigenvalue weighted by molar-refractivity contribution is -0.134. The summed E-state index contributed by atoms with van der Waals surface area (Å²) in [5, 5.41) is 10.6. The zero-order valence-corrected chi connectivity index (χ0v) is 36.2. The molecule has 7 heterocycles. The summed E-state index contributed by atoms with van der Waals surface area (Å²) in [5.74, 6) is -0.963. The van der Waals surface area contributed by atoms with Crippen molar-refractivity contribution in [2.75, 3.05) is 43.4 Å². The Labute approximate surface area is 374 Å². The SMILES string of the molecule is O=C1CCC(Nc2ccc(C3CCN(C(=O)CN4CCC(c5ccc(-c6cc(F)c7c(c6)C(=O)N(C(C(=O)Nc6nccs6)c6ncn8c6CCC8)C7)cc5)CC4)CC3)cc2)C(=O)N1. The van der Waals surface area contributed by atoms with Gasteiger partial charge < -0.3 is 19.7 Å². The number of imide groups is 1. The molecule has 5 amide bonds. The van der Waals surface area contributed by atoms with Gasteiger partial charge in [-0.3, -0.25) is 39.5 Å². The van der Waals surface area contributed by atoms with Gasteiger partial charge in [-0.2, -0.15) is 0 Å². The summed E-state index contributed by atoms with van der Waals surface area (Å²) in [6, 6.07) is 18.1. The van der Waals surface area contributed by atoms with E-state index in [9.17, 15) is 24.0 Å². The number of anilines is 2.